The molecule has 1 aromatic heterocycles. The van der Waals surface area contributed by atoms with Crippen molar-refractivity contribution in [3.63, 3.8) is 0 Å². The second-order valence-corrected chi connectivity index (χ2v) is 7.80. The van der Waals surface area contributed by atoms with Crippen LogP contribution in [0, 0.1) is 30.6 Å². The molecule has 5 heteroatoms. The van der Waals surface area contributed by atoms with E-state index in [2.05, 4.69) is 16.0 Å². The highest BCUT2D eigenvalue weighted by molar-refractivity contribution is 5.81. The van der Waals surface area contributed by atoms with Crippen molar-refractivity contribution in [3.8, 4) is 6.07 Å². The van der Waals surface area contributed by atoms with Gasteiger partial charge in [0.1, 0.15) is 11.9 Å². The van der Waals surface area contributed by atoms with Crippen LogP contribution in [0.1, 0.15) is 50.4 Å². The molecule has 1 saturated heterocycles. The van der Waals surface area contributed by atoms with Crippen LogP contribution in [0.2, 0.25) is 0 Å². The maximum absolute atomic E-state index is 12.6. The van der Waals surface area contributed by atoms with Crippen LogP contribution in [-0.2, 0) is 4.79 Å². The zero-order valence-corrected chi connectivity index (χ0v) is 15.7. The van der Waals surface area contributed by atoms with Gasteiger partial charge in [-0.05, 0) is 38.3 Å². The summed E-state index contributed by atoms with van der Waals surface area (Å²) in [6.45, 7) is 11.4. The number of anilines is 1. The van der Waals surface area contributed by atoms with Crippen molar-refractivity contribution in [2.75, 3.05) is 25.0 Å². The molecule has 0 bridgehead atoms. The highest BCUT2D eigenvalue weighted by Gasteiger charge is 2.32. The zero-order chi connectivity index (χ0) is 18.1. The third-order valence-electron chi connectivity index (χ3n) is 4.64. The molecule has 0 aliphatic carbocycles. The van der Waals surface area contributed by atoms with Crippen LogP contribution < -0.4 is 4.90 Å². The summed E-state index contributed by atoms with van der Waals surface area (Å²) in [7, 11) is 1.89. The van der Waals surface area contributed by atoms with Gasteiger partial charge in [-0.1, -0.05) is 20.8 Å². The van der Waals surface area contributed by atoms with Crippen LogP contribution >= 0.6 is 0 Å². The number of hydrogen-bond donors (Lipinski definition) is 0. The summed E-state index contributed by atoms with van der Waals surface area (Å²) in [5.41, 5.74) is 2.14. The summed E-state index contributed by atoms with van der Waals surface area (Å²) in [6, 6.07) is 4.39. The van der Waals surface area contributed by atoms with Crippen LogP contribution in [0.3, 0.4) is 0 Å². The van der Waals surface area contributed by atoms with E-state index in [4.69, 9.17) is 0 Å². The Labute approximate surface area is 145 Å². The quantitative estimate of drug-likeness (QED) is 0.837. The van der Waals surface area contributed by atoms with Gasteiger partial charge in [-0.2, -0.15) is 5.26 Å². The lowest BCUT2D eigenvalue weighted by atomic mass is 9.93. The van der Waals surface area contributed by atoms with E-state index in [1.807, 2.05) is 52.6 Å². The van der Waals surface area contributed by atoms with Crippen molar-refractivity contribution < 1.29 is 4.79 Å². The van der Waals surface area contributed by atoms with Gasteiger partial charge in [0, 0.05) is 37.3 Å². The molecule has 2 rings (SSSR count). The average Bonchev–Trinajstić information content (AvgIpc) is 2.52. The Morgan fingerprint density at radius 2 is 2.08 bits per heavy atom. The zero-order valence-electron chi connectivity index (χ0n) is 15.7. The van der Waals surface area contributed by atoms with Gasteiger partial charge in [0.25, 0.3) is 0 Å². The first kappa shape index (κ1) is 18.3. The first-order valence-corrected chi connectivity index (χ1v) is 8.55. The Kier molecular flexibility index (Phi) is 5.17. The highest BCUT2D eigenvalue weighted by Crippen LogP contribution is 2.27. The summed E-state index contributed by atoms with van der Waals surface area (Å²) in [5.74, 6) is 0.916. The van der Waals surface area contributed by atoms with Crippen molar-refractivity contribution in [2.45, 2.75) is 53.5 Å². The van der Waals surface area contributed by atoms with E-state index in [9.17, 15) is 10.1 Å². The topological polar surface area (TPSA) is 60.2 Å². The Morgan fingerprint density at radius 3 is 2.67 bits per heavy atom. The molecule has 2 heterocycles. The molecule has 0 aromatic carbocycles. The number of pyridine rings is 1. The number of aromatic nitrogens is 1. The first-order valence-electron chi connectivity index (χ1n) is 8.55. The van der Waals surface area contributed by atoms with Crippen LogP contribution in [-0.4, -0.2) is 42.0 Å². The van der Waals surface area contributed by atoms with Crippen molar-refractivity contribution in [1.29, 1.82) is 5.26 Å². The summed E-state index contributed by atoms with van der Waals surface area (Å²) >= 11 is 0. The van der Waals surface area contributed by atoms with Gasteiger partial charge in [0.2, 0.25) is 5.91 Å². The van der Waals surface area contributed by atoms with Crippen molar-refractivity contribution in [1.82, 2.24) is 9.88 Å². The minimum Gasteiger partial charge on any atom is -0.353 e. The molecule has 1 fully saturated rings. The molecule has 0 radical (unpaired) electrons. The van der Waals surface area contributed by atoms with E-state index >= 15 is 0 Å². The fraction of sp³-hybridized carbons (Fsp3) is 0.632. The number of carbonyl (C=O) groups is 1. The SMILES string of the molecule is Cc1cc(C)c(C#N)c(N2CCCC(N(C)C(=O)C(C)(C)C)C2)n1. The van der Waals surface area contributed by atoms with Crippen LogP contribution in [0.15, 0.2) is 6.07 Å². The van der Waals surface area contributed by atoms with Crippen LogP contribution in [0.4, 0.5) is 5.82 Å². The second kappa shape index (κ2) is 6.80. The molecule has 130 valence electrons. The molecular formula is C19H28N4O. The first-order chi connectivity index (χ1) is 11.1. The normalized spacial score (nSPS) is 18.2. The smallest absolute Gasteiger partial charge is 0.227 e. The molecule has 1 atom stereocenters. The van der Waals surface area contributed by atoms with Gasteiger partial charge >= 0.3 is 0 Å². The predicted molar refractivity (Wildman–Crippen MR) is 95.9 cm³/mol. The Morgan fingerprint density at radius 1 is 1.42 bits per heavy atom. The summed E-state index contributed by atoms with van der Waals surface area (Å²) in [5, 5.41) is 9.51. The molecule has 0 saturated carbocycles. The Balaban J connectivity index is 2.26. The van der Waals surface area contributed by atoms with Gasteiger partial charge in [-0.3, -0.25) is 4.79 Å². The fourth-order valence-electron chi connectivity index (χ4n) is 3.34. The van der Waals surface area contributed by atoms with Crippen molar-refractivity contribution >= 4 is 11.7 Å². The number of aryl methyl sites for hydroxylation is 2. The maximum Gasteiger partial charge on any atom is 0.227 e. The molecule has 0 N–H and O–H groups in total. The largest absolute Gasteiger partial charge is 0.353 e. The Bertz CT molecular complexity index is 669. The average molecular weight is 328 g/mol. The molecule has 1 unspecified atom stereocenters. The number of nitrogens with zero attached hydrogens (tertiary/aromatic N) is 4. The Hall–Kier alpha value is -2.09. The number of piperidine rings is 1. The minimum absolute atomic E-state index is 0.152. The van der Waals surface area contributed by atoms with E-state index in [1.165, 1.54) is 0 Å². The third kappa shape index (κ3) is 3.69. The molecule has 1 amide bonds. The number of rotatable bonds is 2. The van der Waals surface area contributed by atoms with E-state index in [0.29, 0.717) is 5.56 Å². The van der Waals surface area contributed by atoms with Gasteiger partial charge < -0.3 is 9.80 Å². The standard InChI is InChI=1S/C19H28N4O/c1-13-10-14(2)21-17(16(13)11-20)23-9-7-8-15(12-23)22(6)18(24)19(3,4)5/h10,15H,7-9,12H2,1-6H3. The van der Waals surface area contributed by atoms with Crippen molar-refractivity contribution in [2.24, 2.45) is 5.41 Å². The summed E-state index contributed by atoms with van der Waals surface area (Å²) in [6.07, 6.45) is 1.98. The lowest BCUT2D eigenvalue weighted by Crippen LogP contribution is -2.51. The van der Waals surface area contributed by atoms with Gasteiger partial charge in [-0.25, -0.2) is 4.98 Å². The number of nitriles is 1. The van der Waals surface area contributed by atoms with E-state index < -0.39 is 0 Å². The molecule has 24 heavy (non-hydrogen) atoms. The molecule has 0 spiro atoms. The molecule has 1 aromatic rings. The van der Waals surface area contributed by atoms with E-state index in [0.717, 1.165) is 43.0 Å². The summed E-state index contributed by atoms with van der Waals surface area (Å²) in [4.78, 5) is 21.2. The maximum atomic E-state index is 12.6. The molecular weight excluding hydrogens is 300 g/mol. The predicted octanol–water partition coefficient (Wildman–Crippen LogP) is 3.04. The van der Waals surface area contributed by atoms with Crippen LogP contribution in [0.5, 0.6) is 0 Å². The monoisotopic (exact) mass is 328 g/mol. The minimum atomic E-state index is -0.382. The highest BCUT2D eigenvalue weighted by atomic mass is 16.2. The van der Waals surface area contributed by atoms with Gasteiger partial charge in [-0.15, -0.1) is 0 Å². The van der Waals surface area contributed by atoms with Crippen LogP contribution in [0.25, 0.3) is 0 Å². The van der Waals surface area contributed by atoms with Crippen molar-refractivity contribution in [3.05, 3.63) is 22.9 Å². The molecule has 1 aliphatic heterocycles. The number of amides is 1. The lowest BCUT2D eigenvalue weighted by molar-refractivity contribution is -0.140. The lowest BCUT2D eigenvalue weighted by Gasteiger charge is -2.40. The second-order valence-electron chi connectivity index (χ2n) is 7.80. The number of carbonyl (C=O) groups excluding carboxylic acids is 1. The molecule has 1 aliphatic rings. The number of likely N-dealkylation sites (N-methyl/N-ethyl adjacent to an activating group) is 1. The van der Waals surface area contributed by atoms with Gasteiger partial charge in [0.15, 0.2) is 0 Å². The fourth-order valence-corrected chi connectivity index (χ4v) is 3.34. The molecule has 5 nitrogen and oxygen atoms in total. The summed E-state index contributed by atoms with van der Waals surface area (Å²) < 4.78 is 0. The van der Waals surface area contributed by atoms with E-state index in [1.54, 1.807) is 0 Å². The third-order valence-corrected chi connectivity index (χ3v) is 4.64. The number of hydrogen-bond acceptors (Lipinski definition) is 4. The van der Waals surface area contributed by atoms with E-state index in [-0.39, 0.29) is 17.4 Å². The van der Waals surface area contributed by atoms with Gasteiger partial charge in [0.05, 0.1) is 5.56 Å².